The second-order valence-electron chi connectivity index (χ2n) is 6.28. The third kappa shape index (κ3) is 5.74. The summed E-state index contributed by atoms with van der Waals surface area (Å²) >= 11 is 0. The second kappa shape index (κ2) is 9.97. The Morgan fingerprint density at radius 2 is 1.64 bits per heavy atom. The van der Waals surface area contributed by atoms with Gasteiger partial charge in [-0.2, -0.15) is 0 Å². The predicted octanol–water partition coefficient (Wildman–Crippen LogP) is 5.00. The topological polar surface area (TPSA) is 82.3 Å². The predicted molar refractivity (Wildman–Crippen MR) is 108 cm³/mol. The normalized spacial score (nSPS) is 10.0. The van der Waals surface area contributed by atoms with Crippen molar-refractivity contribution in [1.29, 1.82) is 0 Å². The summed E-state index contributed by atoms with van der Waals surface area (Å²) in [5.74, 6) is -0.0634. The lowest BCUT2D eigenvalue weighted by Crippen LogP contribution is -2.10. The zero-order valence-electron chi connectivity index (χ0n) is 16.0. The minimum atomic E-state index is -0.499. The van der Waals surface area contributed by atoms with Crippen molar-refractivity contribution in [2.45, 2.75) is 26.9 Å². The SMILES string of the molecule is Cc1cc([N+](=O)[O-])c(OC(C)C)cc1C(=O)c1ccccc1.c1ccncc1. The summed E-state index contributed by atoms with van der Waals surface area (Å²) in [4.78, 5) is 27.0. The quantitative estimate of drug-likeness (QED) is 0.354. The van der Waals surface area contributed by atoms with Gasteiger partial charge < -0.3 is 4.74 Å². The lowest BCUT2D eigenvalue weighted by atomic mass is 9.98. The summed E-state index contributed by atoms with van der Waals surface area (Å²) in [6.07, 6.45) is 3.28. The zero-order valence-corrected chi connectivity index (χ0v) is 16.0. The molecule has 1 aromatic heterocycles. The first-order valence-electron chi connectivity index (χ1n) is 8.80. The minimum absolute atomic E-state index is 0.116. The number of nitrogens with zero attached hydrogens (tertiary/aromatic N) is 2. The average molecular weight is 378 g/mol. The van der Waals surface area contributed by atoms with E-state index < -0.39 is 4.92 Å². The number of rotatable bonds is 5. The highest BCUT2D eigenvalue weighted by Crippen LogP contribution is 2.32. The van der Waals surface area contributed by atoms with Gasteiger partial charge in [-0.1, -0.05) is 36.4 Å². The van der Waals surface area contributed by atoms with E-state index in [1.807, 2.05) is 24.3 Å². The molecular weight excluding hydrogens is 356 g/mol. The van der Waals surface area contributed by atoms with Crippen LogP contribution in [0, 0.1) is 17.0 Å². The molecule has 6 nitrogen and oxygen atoms in total. The van der Waals surface area contributed by atoms with Gasteiger partial charge in [-0.25, -0.2) is 0 Å². The van der Waals surface area contributed by atoms with Gasteiger partial charge in [0.1, 0.15) is 0 Å². The highest BCUT2D eigenvalue weighted by Gasteiger charge is 2.22. The van der Waals surface area contributed by atoms with Crippen LogP contribution in [0.5, 0.6) is 5.75 Å². The van der Waals surface area contributed by atoms with Crippen LogP contribution >= 0.6 is 0 Å². The molecule has 0 atom stereocenters. The maximum atomic E-state index is 12.6. The molecule has 0 spiro atoms. The number of aryl methyl sites for hydroxylation is 1. The fourth-order valence-corrected chi connectivity index (χ4v) is 2.47. The number of hydrogen-bond acceptors (Lipinski definition) is 5. The first-order chi connectivity index (χ1) is 13.4. The molecule has 0 aliphatic rings. The highest BCUT2D eigenvalue weighted by atomic mass is 16.6. The second-order valence-corrected chi connectivity index (χ2v) is 6.28. The Labute approximate surface area is 164 Å². The number of ether oxygens (including phenoxy) is 1. The number of nitro benzene ring substituents is 1. The van der Waals surface area contributed by atoms with Crippen molar-refractivity contribution in [1.82, 2.24) is 4.98 Å². The molecule has 0 radical (unpaired) electrons. The number of hydrogen-bond donors (Lipinski definition) is 0. The van der Waals surface area contributed by atoms with Crippen LogP contribution in [0.1, 0.15) is 35.3 Å². The molecule has 2 aromatic carbocycles. The fourth-order valence-electron chi connectivity index (χ4n) is 2.47. The van der Waals surface area contributed by atoms with Crippen LogP contribution in [0.4, 0.5) is 5.69 Å². The number of carbonyl (C=O) groups excluding carboxylic acids is 1. The van der Waals surface area contributed by atoms with Crippen molar-refractivity contribution in [2.24, 2.45) is 0 Å². The molecule has 0 saturated carbocycles. The monoisotopic (exact) mass is 378 g/mol. The maximum Gasteiger partial charge on any atom is 0.311 e. The number of nitro groups is 1. The average Bonchev–Trinajstić information content (AvgIpc) is 2.70. The van der Waals surface area contributed by atoms with Crippen molar-refractivity contribution >= 4 is 11.5 Å². The van der Waals surface area contributed by atoms with E-state index in [4.69, 9.17) is 4.74 Å². The third-order valence-corrected chi connectivity index (χ3v) is 3.71. The molecule has 0 unspecified atom stereocenters. The van der Waals surface area contributed by atoms with E-state index in [0.717, 1.165) is 0 Å². The summed E-state index contributed by atoms with van der Waals surface area (Å²) in [6.45, 7) is 5.24. The molecule has 3 rings (SSSR count). The summed E-state index contributed by atoms with van der Waals surface area (Å²) < 4.78 is 5.49. The molecule has 0 aliphatic heterocycles. The number of benzene rings is 2. The Hall–Kier alpha value is -3.54. The Morgan fingerprint density at radius 3 is 2.11 bits per heavy atom. The van der Waals surface area contributed by atoms with E-state index in [1.165, 1.54) is 12.1 Å². The molecule has 0 fully saturated rings. The lowest BCUT2D eigenvalue weighted by Gasteiger charge is -2.13. The van der Waals surface area contributed by atoms with Crippen LogP contribution in [0.3, 0.4) is 0 Å². The van der Waals surface area contributed by atoms with E-state index in [2.05, 4.69) is 4.98 Å². The van der Waals surface area contributed by atoms with Gasteiger partial charge >= 0.3 is 5.69 Å². The Kier molecular flexibility index (Phi) is 7.39. The summed E-state index contributed by atoms with van der Waals surface area (Å²) in [6, 6.07) is 17.4. The lowest BCUT2D eigenvalue weighted by molar-refractivity contribution is -0.386. The summed E-state index contributed by atoms with van der Waals surface area (Å²) in [5.41, 5.74) is 1.37. The standard InChI is InChI=1S/C17H17NO4.C5H5N/c1-11(2)22-16-10-14(12(3)9-15(16)18(20)21)17(19)13-7-5-4-6-8-13;1-2-4-6-5-3-1/h4-11H,1-3H3;1-5H. The molecule has 0 aliphatic carbocycles. The van der Waals surface area contributed by atoms with E-state index >= 15 is 0 Å². The molecule has 0 bridgehead atoms. The molecule has 0 N–H and O–H groups in total. The van der Waals surface area contributed by atoms with E-state index in [0.29, 0.717) is 16.7 Å². The molecule has 6 heteroatoms. The number of carbonyl (C=O) groups is 1. The molecule has 144 valence electrons. The molecule has 0 saturated heterocycles. The van der Waals surface area contributed by atoms with Crippen LogP contribution in [0.15, 0.2) is 73.1 Å². The number of pyridine rings is 1. The van der Waals surface area contributed by atoms with E-state index in [1.54, 1.807) is 57.4 Å². The first-order valence-corrected chi connectivity index (χ1v) is 8.80. The first kappa shape index (κ1) is 20.8. The van der Waals surface area contributed by atoms with Crippen LogP contribution < -0.4 is 4.74 Å². The molecule has 1 heterocycles. The largest absolute Gasteiger partial charge is 0.484 e. The smallest absolute Gasteiger partial charge is 0.311 e. The van der Waals surface area contributed by atoms with Gasteiger partial charge in [-0.3, -0.25) is 19.9 Å². The van der Waals surface area contributed by atoms with Crippen LogP contribution in [-0.2, 0) is 0 Å². The van der Waals surface area contributed by atoms with E-state index in [-0.39, 0.29) is 23.3 Å². The molecule has 28 heavy (non-hydrogen) atoms. The molecule has 3 aromatic rings. The number of ketones is 1. The number of aromatic nitrogens is 1. The summed E-state index contributed by atoms with van der Waals surface area (Å²) in [5, 5.41) is 11.1. The van der Waals surface area contributed by atoms with Crippen molar-refractivity contribution in [3.63, 3.8) is 0 Å². The van der Waals surface area contributed by atoms with Crippen molar-refractivity contribution in [3.8, 4) is 5.75 Å². The molecular formula is C22H22N2O4. The minimum Gasteiger partial charge on any atom is -0.484 e. The van der Waals surface area contributed by atoms with Gasteiger partial charge in [0.15, 0.2) is 11.5 Å². The van der Waals surface area contributed by atoms with E-state index in [9.17, 15) is 14.9 Å². The molecule has 0 amide bonds. The van der Waals surface area contributed by atoms with Crippen LogP contribution in [-0.4, -0.2) is 21.8 Å². The zero-order chi connectivity index (χ0) is 20.5. The van der Waals surface area contributed by atoms with Crippen LogP contribution in [0.2, 0.25) is 0 Å². The van der Waals surface area contributed by atoms with Gasteiger partial charge in [0, 0.05) is 29.6 Å². The highest BCUT2D eigenvalue weighted by molar-refractivity contribution is 6.10. The Balaban J connectivity index is 0.000000397. The third-order valence-electron chi connectivity index (χ3n) is 3.71. The van der Waals surface area contributed by atoms with Crippen molar-refractivity contribution in [2.75, 3.05) is 0 Å². The van der Waals surface area contributed by atoms with Gasteiger partial charge in [0.25, 0.3) is 0 Å². The Morgan fingerprint density at radius 1 is 1.04 bits per heavy atom. The van der Waals surface area contributed by atoms with Crippen LogP contribution in [0.25, 0.3) is 0 Å². The van der Waals surface area contributed by atoms with Gasteiger partial charge in [-0.05, 0) is 44.5 Å². The Bertz CT molecular complexity index is 899. The van der Waals surface area contributed by atoms with Gasteiger partial charge in [0.05, 0.1) is 11.0 Å². The summed E-state index contributed by atoms with van der Waals surface area (Å²) in [7, 11) is 0. The fraction of sp³-hybridized carbons (Fsp3) is 0.182. The van der Waals surface area contributed by atoms with Crippen molar-refractivity contribution < 1.29 is 14.5 Å². The van der Waals surface area contributed by atoms with Gasteiger partial charge in [0.2, 0.25) is 0 Å². The maximum absolute atomic E-state index is 12.6. The van der Waals surface area contributed by atoms with Crippen molar-refractivity contribution in [3.05, 3.63) is 99.9 Å². The van der Waals surface area contributed by atoms with Gasteiger partial charge in [-0.15, -0.1) is 0 Å².